The van der Waals surface area contributed by atoms with Crippen LogP contribution in [0.15, 0.2) is 48.7 Å². The summed E-state index contributed by atoms with van der Waals surface area (Å²) in [6.07, 6.45) is 1.62. The van der Waals surface area contributed by atoms with Crippen molar-refractivity contribution in [2.45, 2.75) is 33.6 Å². The highest BCUT2D eigenvalue weighted by molar-refractivity contribution is 5.67. The summed E-state index contributed by atoms with van der Waals surface area (Å²) in [5.41, 5.74) is 4.27. The van der Waals surface area contributed by atoms with Gasteiger partial charge >= 0.3 is 0 Å². The maximum absolute atomic E-state index is 5.64. The van der Waals surface area contributed by atoms with E-state index in [1.54, 1.807) is 6.20 Å². The van der Waals surface area contributed by atoms with E-state index in [0.717, 1.165) is 22.7 Å². The topological polar surface area (TPSA) is 72.0 Å². The van der Waals surface area contributed by atoms with Crippen LogP contribution in [-0.2, 0) is 0 Å². The van der Waals surface area contributed by atoms with Crippen LogP contribution >= 0.6 is 0 Å². The first-order valence-electron chi connectivity index (χ1n) is 9.13. The van der Waals surface area contributed by atoms with Gasteiger partial charge in [-0.2, -0.15) is 10.1 Å². The average molecular weight is 363 g/mol. The zero-order chi connectivity index (χ0) is 19.2. The van der Waals surface area contributed by atoms with Crippen LogP contribution in [0.1, 0.15) is 37.8 Å². The molecule has 27 heavy (non-hydrogen) atoms. The number of nitrogens with zero attached hydrogens (tertiary/aromatic N) is 3. The van der Waals surface area contributed by atoms with Crippen LogP contribution in [0.3, 0.4) is 0 Å². The standard InChI is InChI=1S/C21H25N5O/c1-5-27-18-12-7-6-11-17(18)23-21-25-19(13-22-26-21)24-20-15(4)9-8-10-16(20)14(2)3/h6-14H,5H2,1-4H3,(H2,23,24,25,26). The summed E-state index contributed by atoms with van der Waals surface area (Å²) >= 11 is 0. The number of hydrogen-bond donors (Lipinski definition) is 2. The van der Waals surface area contributed by atoms with Crippen molar-refractivity contribution in [2.24, 2.45) is 0 Å². The van der Waals surface area contributed by atoms with E-state index in [1.165, 1.54) is 5.56 Å². The molecule has 1 heterocycles. The van der Waals surface area contributed by atoms with Crippen molar-refractivity contribution < 1.29 is 4.74 Å². The third-order valence-corrected chi connectivity index (χ3v) is 4.17. The molecule has 0 saturated heterocycles. The molecule has 2 aromatic carbocycles. The fourth-order valence-electron chi connectivity index (χ4n) is 2.86. The Morgan fingerprint density at radius 3 is 2.63 bits per heavy atom. The molecule has 0 unspecified atom stereocenters. The van der Waals surface area contributed by atoms with E-state index >= 15 is 0 Å². The lowest BCUT2D eigenvalue weighted by molar-refractivity contribution is 0.342. The second-order valence-electron chi connectivity index (χ2n) is 6.54. The second kappa shape index (κ2) is 8.49. The monoisotopic (exact) mass is 363 g/mol. The molecule has 0 amide bonds. The predicted molar refractivity (Wildman–Crippen MR) is 109 cm³/mol. The van der Waals surface area contributed by atoms with Gasteiger partial charge < -0.3 is 15.4 Å². The van der Waals surface area contributed by atoms with Gasteiger partial charge in [-0.3, -0.25) is 0 Å². The molecular formula is C21H25N5O. The molecule has 0 radical (unpaired) electrons. The number of anilines is 4. The van der Waals surface area contributed by atoms with Gasteiger partial charge in [0.25, 0.3) is 0 Å². The van der Waals surface area contributed by atoms with Gasteiger partial charge in [0.2, 0.25) is 5.95 Å². The van der Waals surface area contributed by atoms with Crippen LogP contribution in [0.25, 0.3) is 0 Å². The highest BCUT2D eigenvalue weighted by Gasteiger charge is 2.11. The smallest absolute Gasteiger partial charge is 0.249 e. The van der Waals surface area contributed by atoms with Crippen LogP contribution in [0, 0.1) is 6.92 Å². The zero-order valence-electron chi connectivity index (χ0n) is 16.2. The molecule has 3 rings (SSSR count). The van der Waals surface area contributed by atoms with Gasteiger partial charge in [0.05, 0.1) is 18.5 Å². The molecule has 0 fully saturated rings. The van der Waals surface area contributed by atoms with Crippen LogP contribution in [0.2, 0.25) is 0 Å². The summed E-state index contributed by atoms with van der Waals surface area (Å²) < 4.78 is 5.64. The molecular weight excluding hydrogens is 338 g/mol. The van der Waals surface area contributed by atoms with Crippen LogP contribution in [0.4, 0.5) is 23.1 Å². The highest BCUT2D eigenvalue weighted by atomic mass is 16.5. The minimum atomic E-state index is 0.401. The molecule has 6 heteroatoms. The molecule has 0 saturated carbocycles. The lowest BCUT2D eigenvalue weighted by Gasteiger charge is -2.17. The summed E-state index contributed by atoms with van der Waals surface area (Å²) in [7, 11) is 0. The second-order valence-corrected chi connectivity index (χ2v) is 6.54. The SMILES string of the molecule is CCOc1ccccc1Nc1nncc(Nc2c(C)cccc2C(C)C)n1. The third kappa shape index (κ3) is 4.53. The normalized spacial score (nSPS) is 10.7. The molecule has 0 atom stereocenters. The molecule has 0 spiro atoms. The van der Waals surface area contributed by atoms with E-state index in [2.05, 4.69) is 64.8 Å². The van der Waals surface area contributed by atoms with Crippen LogP contribution < -0.4 is 15.4 Å². The largest absolute Gasteiger partial charge is 0.492 e. The van der Waals surface area contributed by atoms with Crippen molar-refractivity contribution in [1.29, 1.82) is 0 Å². The number of hydrogen-bond acceptors (Lipinski definition) is 6. The molecule has 140 valence electrons. The van der Waals surface area contributed by atoms with Gasteiger partial charge in [-0.25, -0.2) is 0 Å². The Balaban J connectivity index is 1.86. The number of ether oxygens (including phenoxy) is 1. The lowest BCUT2D eigenvalue weighted by Crippen LogP contribution is -2.06. The van der Waals surface area contributed by atoms with E-state index in [-0.39, 0.29) is 0 Å². The van der Waals surface area contributed by atoms with Gasteiger partial charge in [-0.1, -0.05) is 44.2 Å². The van der Waals surface area contributed by atoms with Crippen molar-refractivity contribution in [3.05, 3.63) is 59.8 Å². The Kier molecular flexibility index (Phi) is 5.86. The molecule has 3 aromatic rings. The number of rotatable bonds is 7. The van der Waals surface area contributed by atoms with Gasteiger partial charge in [0.15, 0.2) is 5.82 Å². The van der Waals surface area contributed by atoms with E-state index in [0.29, 0.717) is 24.3 Å². The van der Waals surface area contributed by atoms with Crippen molar-refractivity contribution in [3.8, 4) is 5.75 Å². The van der Waals surface area contributed by atoms with Crippen molar-refractivity contribution in [2.75, 3.05) is 17.2 Å². The van der Waals surface area contributed by atoms with Crippen LogP contribution in [-0.4, -0.2) is 21.8 Å². The van der Waals surface area contributed by atoms with Gasteiger partial charge in [0.1, 0.15) is 5.75 Å². The minimum Gasteiger partial charge on any atom is -0.492 e. The molecule has 2 N–H and O–H groups in total. The summed E-state index contributed by atoms with van der Waals surface area (Å²) in [5.74, 6) is 2.20. The molecule has 0 bridgehead atoms. The quantitative estimate of drug-likeness (QED) is 0.602. The third-order valence-electron chi connectivity index (χ3n) is 4.17. The Bertz CT molecular complexity index is 911. The van der Waals surface area contributed by atoms with E-state index < -0.39 is 0 Å². The number of para-hydroxylation sites is 3. The van der Waals surface area contributed by atoms with Crippen LogP contribution in [0.5, 0.6) is 5.75 Å². The number of benzene rings is 2. The van der Waals surface area contributed by atoms with Crippen molar-refractivity contribution in [3.63, 3.8) is 0 Å². The fourth-order valence-corrected chi connectivity index (χ4v) is 2.86. The molecule has 0 aliphatic heterocycles. The van der Waals surface area contributed by atoms with Gasteiger partial charge in [-0.05, 0) is 43.0 Å². The first-order valence-corrected chi connectivity index (χ1v) is 9.13. The average Bonchev–Trinajstić information content (AvgIpc) is 2.65. The minimum absolute atomic E-state index is 0.401. The van der Waals surface area contributed by atoms with Crippen molar-refractivity contribution in [1.82, 2.24) is 15.2 Å². The molecule has 0 aliphatic carbocycles. The molecule has 6 nitrogen and oxygen atoms in total. The van der Waals surface area contributed by atoms with Gasteiger partial charge in [-0.15, -0.1) is 5.10 Å². The maximum Gasteiger partial charge on any atom is 0.249 e. The fraction of sp³-hybridized carbons (Fsp3) is 0.286. The maximum atomic E-state index is 5.64. The van der Waals surface area contributed by atoms with Crippen molar-refractivity contribution >= 4 is 23.1 Å². The highest BCUT2D eigenvalue weighted by Crippen LogP contribution is 2.30. The first-order chi connectivity index (χ1) is 13.1. The number of aryl methyl sites for hydroxylation is 1. The predicted octanol–water partition coefficient (Wildman–Crippen LogP) is 5.19. The summed E-state index contributed by atoms with van der Waals surface area (Å²) in [6, 6.07) is 14.0. The number of nitrogens with one attached hydrogen (secondary N) is 2. The van der Waals surface area contributed by atoms with E-state index in [1.807, 2.05) is 31.2 Å². The Morgan fingerprint density at radius 2 is 1.85 bits per heavy atom. The lowest BCUT2D eigenvalue weighted by atomic mass is 9.98. The Labute approximate surface area is 160 Å². The molecule has 1 aromatic heterocycles. The summed E-state index contributed by atoms with van der Waals surface area (Å²) in [6.45, 7) is 8.98. The Hall–Kier alpha value is -3.15. The summed E-state index contributed by atoms with van der Waals surface area (Å²) in [4.78, 5) is 4.55. The van der Waals surface area contributed by atoms with E-state index in [4.69, 9.17) is 4.74 Å². The zero-order valence-corrected chi connectivity index (χ0v) is 16.2. The number of aromatic nitrogens is 3. The van der Waals surface area contributed by atoms with Gasteiger partial charge in [0, 0.05) is 5.69 Å². The molecule has 0 aliphatic rings. The Morgan fingerprint density at radius 1 is 1.04 bits per heavy atom. The first kappa shape index (κ1) is 18.6. The van der Waals surface area contributed by atoms with E-state index in [9.17, 15) is 0 Å². The summed E-state index contributed by atoms with van der Waals surface area (Å²) in [5, 5.41) is 14.8.